The van der Waals surface area contributed by atoms with E-state index in [1.165, 1.54) is 16.7 Å². The molecule has 1 N–H and O–H groups in total. The zero-order chi connectivity index (χ0) is 23.9. The van der Waals surface area contributed by atoms with Crippen LogP contribution in [0.15, 0.2) is 60.7 Å². The van der Waals surface area contributed by atoms with Crippen LogP contribution in [0.3, 0.4) is 0 Å². The minimum absolute atomic E-state index is 0.101. The smallest absolute Gasteiger partial charge is 0.203 e. The van der Waals surface area contributed by atoms with E-state index >= 15 is 0 Å². The first-order valence-corrected chi connectivity index (χ1v) is 12.0. The van der Waals surface area contributed by atoms with Gasteiger partial charge in [0.1, 0.15) is 6.61 Å². The maximum atomic E-state index is 6.21. The van der Waals surface area contributed by atoms with Gasteiger partial charge in [0.05, 0.1) is 20.3 Å². The van der Waals surface area contributed by atoms with Crippen LogP contribution in [0.4, 0.5) is 0 Å². The van der Waals surface area contributed by atoms with E-state index in [1.54, 1.807) is 14.2 Å². The summed E-state index contributed by atoms with van der Waals surface area (Å²) in [4.78, 5) is 2.56. The van der Waals surface area contributed by atoms with Crippen LogP contribution in [0.2, 0.25) is 0 Å². The van der Waals surface area contributed by atoms with Gasteiger partial charge in [-0.1, -0.05) is 59.7 Å². The van der Waals surface area contributed by atoms with Gasteiger partial charge in [-0.05, 0) is 55.6 Å². The highest BCUT2D eigenvalue weighted by Crippen LogP contribution is 2.43. The molecule has 3 aromatic carbocycles. The molecule has 1 heterocycles. The normalized spacial score (nSPS) is 15.4. The molecular weight excluding hydrogens is 424 g/mol. The predicted molar refractivity (Wildman–Crippen MR) is 137 cm³/mol. The lowest BCUT2D eigenvalue weighted by atomic mass is 9.93. The number of hydrogen-bond donors (Lipinski definition) is 1. The lowest BCUT2D eigenvalue weighted by Crippen LogP contribution is -2.33. The fourth-order valence-corrected chi connectivity index (χ4v) is 4.84. The first kappa shape index (κ1) is 24.1. The Hall–Kier alpha value is -3.02. The molecule has 1 saturated heterocycles. The van der Waals surface area contributed by atoms with Crippen molar-refractivity contribution in [1.82, 2.24) is 10.2 Å². The third-order valence-electron chi connectivity index (χ3n) is 6.32. The summed E-state index contributed by atoms with van der Waals surface area (Å²) >= 11 is 0. The Morgan fingerprint density at radius 1 is 0.824 bits per heavy atom. The molecule has 180 valence electrons. The number of nitrogens with zero attached hydrogens (tertiary/aromatic N) is 1. The first-order valence-electron chi connectivity index (χ1n) is 12.0. The van der Waals surface area contributed by atoms with E-state index in [1.807, 2.05) is 18.2 Å². The molecule has 1 atom stereocenters. The van der Waals surface area contributed by atoms with Crippen molar-refractivity contribution in [2.45, 2.75) is 32.9 Å². The molecule has 5 heteroatoms. The van der Waals surface area contributed by atoms with Crippen LogP contribution < -0.4 is 19.5 Å². The highest BCUT2D eigenvalue weighted by atomic mass is 16.5. The van der Waals surface area contributed by atoms with Gasteiger partial charge >= 0.3 is 0 Å². The molecule has 0 bridgehead atoms. The second kappa shape index (κ2) is 11.4. The monoisotopic (exact) mass is 460 g/mol. The molecule has 1 fully saturated rings. The van der Waals surface area contributed by atoms with E-state index in [-0.39, 0.29) is 6.04 Å². The van der Waals surface area contributed by atoms with Crippen LogP contribution >= 0.6 is 0 Å². The van der Waals surface area contributed by atoms with Gasteiger partial charge < -0.3 is 19.5 Å². The van der Waals surface area contributed by atoms with Crippen molar-refractivity contribution >= 4 is 0 Å². The van der Waals surface area contributed by atoms with E-state index in [0.717, 1.165) is 43.7 Å². The molecule has 4 rings (SSSR count). The van der Waals surface area contributed by atoms with Gasteiger partial charge in [-0.15, -0.1) is 0 Å². The fraction of sp³-hybridized carbons (Fsp3) is 0.379. The summed E-state index contributed by atoms with van der Waals surface area (Å²) in [6, 6.07) is 21.3. The Labute approximate surface area is 203 Å². The number of nitrogens with one attached hydrogen (secondary N) is 1. The van der Waals surface area contributed by atoms with Crippen molar-refractivity contribution in [2.24, 2.45) is 0 Å². The van der Waals surface area contributed by atoms with Crippen LogP contribution in [0.5, 0.6) is 17.2 Å². The van der Waals surface area contributed by atoms with Crippen molar-refractivity contribution in [3.05, 3.63) is 88.5 Å². The third kappa shape index (κ3) is 5.72. The minimum Gasteiger partial charge on any atom is -0.493 e. The molecule has 3 aromatic rings. The van der Waals surface area contributed by atoms with Gasteiger partial charge in [-0.2, -0.15) is 0 Å². The quantitative estimate of drug-likeness (QED) is 0.495. The van der Waals surface area contributed by atoms with Crippen LogP contribution in [0, 0.1) is 13.8 Å². The molecule has 0 aliphatic carbocycles. The van der Waals surface area contributed by atoms with Crippen LogP contribution in [0.25, 0.3) is 0 Å². The molecule has 1 aliphatic heterocycles. The minimum atomic E-state index is 0.101. The first-order chi connectivity index (χ1) is 16.6. The van der Waals surface area contributed by atoms with Crippen molar-refractivity contribution in [2.75, 3.05) is 40.4 Å². The largest absolute Gasteiger partial charge is 0.493 e. The zero-order valence-electron chi connectivity index (χ0n) is 20.8. The van der Waals surface area contributed by atoms with Gasteiger partial charge in [-0.25, -0.2) is 0 Å². The van der Waals surface area contributed by atoms with Crippen LogP contribution in [0.1, 0.15) is 40.3 Å². The number of hydrogen-bond acceptors (Lipinski definition) is 5. The van der Waals surface area contributed by atoms with Gasteiger partial charge in [0.25, 0.3) is 0 Å². The zero-order valence-corrected chi connectivity index (χ0v) is 20.8. The summed E-state index contributed by atoms with van der Waals surface area (Å²) in [5.41, 5.74) is 6.08. The Kier molecular flexibility index (Phi) is 8.09. The average Bonchev–Trinajstić information content (AvgIpc) is 3.12. The Balaban J connectivity index is 1.75. The molecule has 0 radical (unpaired) electrons. The Morgan fingerprint density at radius 3 is 2.12 bits per heavy atom. The van der Waals surface area contributed by atoms with Gasteiger partial charge in [0, 0.05) is 19.6 Å². The lowest BCUT2D eigenvalue weighted by Gasteiger charge is -2.32. The number of ether oxygens (including phenoxy) is 3. The second-order valence-corrected chi connectivity index (χ2v) is 8.99. The topological polar surface area (TPSA) is 43.0 Å². The molecule has 0 spiro atoms. The molecule has 1 unspecified atom stereocenters. The van der Waals surface area contributed by atoms with Crippen molar-refractivity contribution in [3.8, 4) is 17.2 Å². The van der Waals surface area contributed by atoms with Crippen molar-refractivity contribution in [1.29, 1.82) is 0 Å². The summed E-state index contributed by atoms with van der Waals surface area (Å²) in [6.45, 7) is 8.82. The summed E-state index contributed by atoms with van der Waals surface area (Å²) < 4.78 is 17.9. The van der Waals surface area contributed by atoms with Gasteiger partial charge in [-0.3, -0.25) is 4.90 Å². The molecular formula is C29H36N2O3. The predicted octanol–water partition coefficient (Wildman–Crippen LogP) is 5.28. The molecule has 0 aromatic heterocycles. The maximum Gasteiger partial charge on any atom is 0.203 e. The summed E-state index contributed by atoms with van der Waals surface area (Å²) in [6.07, 6.45) is 1.12. The third-order valence-corrected chi connectivity index (χ3v) is 6.32. The number of methoxy groups -OCH3 is 2. The molecule has 1 aliphatic rings. The summed E-state index contributed by atoms with van der Waals surface area (Å²) in [5.74, 6) is 2.01. The van der Waals surface area contributed by atoms with Crippen LogP contribution in [-0.4, -0.2) is 45.3 Å². The van der Waals surface area contributed by atoms with E-state index in [0.29, 0.717) is 23.9 Å². The van der Waals surface area contributed by atoms with E-state index in [2.05, 4.69) is 66.5 Å². The Morgan fingerprint density at radius 2 is 1.47 bits per heavy atom. The summed E-state index contributed by atoms with van der Waals surface area (Å²) in [7, 11) is 3.38. The maximum absolute atomic E-state index is 6.21. The van der Waals surface area contributed by atoms with Gasteiger partial charge in [0.15, 0.2) is 11.5 Å². The van der Waals surface area contributed by atoms with Crippen molar-refractivity contribution in [3.63, 3.8) is 0 Å². The van der Waals surface area contributed by atoms with Crippen molar-refractivity contribution < 1.29 is 14.2 Å². The van der Waals surface area contributed by atoms with E-state index < -0.39 is 0 Å². The lowest BCUT2D eigenvalue weighted by molar-refractivity contribution is 0.237. The summed E-state index contributed by atoms with van der Waals surface area (Å²) in [5, 5.41) is 3.53. The fourth-order valence-electron chi connectivity index (χ4n) is 4.84. The number of rotatable bonds is 8. The highest BCUT2D eigenvalue weighted by Gasteiger charge is 2.27. The SMILES string of the molecule is COc1cc(C(c2cc(C)cc(C)c2)N2CCCNCC2)cc(OC)c1OCc1ccccc1. The average molecular weight is 461 g/mol. The second-order valence-electron chi connectivity index (χ2n) is 8.99. The standard InChI is InChI=1S/C29H36N2O3/c1-21-15-22(2)17-24(16-21)28(31-13-8-11-30-12-14-31)25-18-26(32-3)29(27(19-25)33-4)34-20-23-9-6-5-7-10-23/h5-7,9-10,15-19,28,30H,8,11-14,20H2,1-4H3. The number of benzene rings is 3. The molecule has 5 nitrogen and oxygen atoms in total. The molecule has 0 amide bonds. The molecule has 0 saturated carbocycles. The van der Waals surface area contributed by atoms with Gasteiger partial charge in [0.2, 0.25) is 5.75 Å². The highest BCUT2D eigenvalue weighted by molar-refractivity contribution is 5.56. The van der Waals surface area contributed by atoms with Crippen LogP contribution in [-0.2, 0) is 6.61 Å². The number of aryl methyl sites for hydroxylation is 2. The van der Waals surface area contributed by atoms with E-state index in [9.17, 15) is 0 Å². The Bertz CT molecular complexity index is 1030. The molecule has 34 heavy (non-hydrogen) atoms. The van der Waals surface area contributed by atoms with E-state index in [4.69, 9.17) is 14.2 Å².